The second kappa shape index (κ2) is 7.47. The minimum atomic E-state index is -0.0356. The molecule has 140 valence electrons. The summed E-state index contributed by atoms with van der Waals surface area (Å²) in [7, 11) is 0. The highest BCUT2D eigenvalue weighted by Crippen LogP contribution is 2.43. The van der Waals surface area contributed by atoms with Crippen molar-refractivity contribution in [2.45, 2.75) is 82.7 Å². The molecule has 0 atom stereocenters. The van der Waals surface area contributed by atoms with Crippen molar-refractivity contribution in [1.29, 1.82) is 0 Å². The van der Waals surface area contributed by atoms with Crippen molar-refractivity contribution in [1.82, 2.24) is 4.90 Å². The molecule has 2 aliphatic carbocycles. The van der Waals surface area contributed by atoms with Gasteiger partial charge in [0.2, 0.25) is 0 Å². The van der Waals surface area contributed by atoms with Crippen molar-refractivity contribution in [2.75, 3.05) is 5.32 Å². The lowest BCUT2D eigenvalue weighted by Crippen LogP contribution is -2.58. The summed E-state index contributed by atoms with van der Waals surface area (Å²) in [4.78, 5) is 7.44. The zero-order valence-electron chi connectivity index (χ0n) is 15.6. The molecule has 4 rings (SSSR count). The van der Waals surface area contributed by atoms with Gasteiger partial charge in [-0.3, -0.25) is 0 Å². The van der Waals surface area contributed by atoms with Gasteiger partial charge in [0.05, 0.1) is 0 Å². The van der Waals surface area contributed by atoms with Crippen molar-refractivity contribution in [3.63, 3.8) is 0 Å². The predicted octanol–water partition coefficient (Wildman–Crippen LogP) is 6.09. The summed E-state index contributed by atoms with van der Waals surface area (Å²) in [6.45, 7) is 2.11. The normalized spacial score (nSPS) is 23.4. The first kappa shape index (κ1) is 18.2. The van der Waals surface area contributed by atoms with Gasteiger partial charge in [-0.2, -0.15) is 0 Å². The van der Waals surface area contributed by atoms with E-state index >= 15 is 0 Å². The molecule has 5 heteroatoms. The predicted molar refractivity (Wildman–Crippen MR) is 114 cm³/mol. The molecule has 1 aromatic rings. The molecule has 26 heavy (non-hydrogen) atoms. The molecule has 3 aliphatic rings. The number of thiocarbonyl (C=S) groups is 1. The van der Waals surface area contributed by atoms with Crippen molar-refractivity contribution >= 4 is 40.5 Å². The van der Waals surface area contributed by atoms with E-state index in [-0.39, 0.29) is 5.54 Å². The lowest BCUT2D eigenvalue weighted by atomic mass is 9.78. The highest BCUT2D eigenvalue weighted by atomic mass is 35.5. The SMILES string of the molecule is Cc1ccc(Cl)cc1NC1=NC(=S)N(C2CCCCC2)C12CCCCC2. The Morgan fingerprint density at radius 3 is 2.54 bits per heavy atom. The Kier molecular flexibility index (Phi) is 5.24. The van der Waals surface area contributed by atoms with Crippen LogP contribution >= 0.6 is 23.8 Å². The molecule has 3 nitrogen and oxygen atoms in total. The second-order valence-electron chi connectivity index (χ2n) is 8.08. The summed E-state index contributed by atoms with van der Waals surface area (Å²) in [5.41, 5.74) is 2.20. The van der Waals surface area contributed by atoms with Crippen molar-refractivity contribution < 1.29 is 0 Å². The Bertz CT molecular complexity index is 718. The maximum absolute atomic E-state index is 6.24. The van der Waals surface area contributed by atoms with E-state index < -0.39 is 0 Å². The zero-order chi connectivity index (χ0) is 18.1. The molecule has 2 fully saturated rings. The van der Waals surface area contributed by atoms with Gasteiger partial charge in [-0.15, -0.1) is 0 Å². The molecule has 0 saturated heterocycles. The van der Waals surface area contributed by atoms with Gasteiger partial charge in [-0.1, -0.05) is 56.2 Å². The summed E-state index contributed by atoms with van der Waals surface area (Å²) >= 11 is 12.0. The van der Waals surface area contributed by atoms with Crippen LogP contribution in [0.2, 0.25) is 5.02 Å². The van der Waals surface area contributed by atoms with Crippen LogP contribution in [-0.2, 0) is 0 Å². The van der Waals surface area contributed by atoms with Gasteiger partial charge in [0, 0.05) is 16.8 Å². The van der Waals surface area contributed by atoms with Gasteiger partial charge in [-0.05, 0) is 62.5 Å². The molecule has 0 bridgehead atoms. The number of nitrogens with one attached hydrogen (secondary N) is 1. The number of aliphatic imine (C=N–C) groups is 1. The second-order valence-corrected chi connectivity index (χ2v) is 8.88. The largest absolute Gasteiger partial charge is 0.341 e. The quantitative estimate of drug-likeness (QED) is 0.619. The number of halogens is 1. The average Bonchev–Trinajstić information content (AvgIpc) is 2.90. The fourth-order valence-corrected chi connectivity index (χ4v) is 5.60. The molecule has 1 aliphatic heterocycles. The molecular weight excluding hydrogens is 362 g/mol. The Morgan fingerprint density at radius 1 is 1.12 bits per heavy atom. The lowest BCUT2D eigenvalue weighted by molar-refractivity contribution is 0.125. The van der Waals surface area contributed by atoms with E-state index in [1.165, 1.54) is 56.9 Å². The highest BCUT2D eigenvalue weighted by molar-refractivity contribution is 7.80. The van der Waals surface area contributed by atoms with Crippen LogP contribution in [0.5, 0.6) is 0 Å². The maximum atomic E-state index is 6.24. The summed E-state index contributed by atoms with van der Waals surface area (Å²) in [6.07, 6.45) is 12.6. The van der Waals surface area contributed by atoms with E-state index in [0.717, 1.165) is 34.5 Å². The van der Waals surface area contributed by atoms with Crippen molar-refractivity contribution in [3.8, 4) is 0 Å². The smallest absolute Gasteiger partial charge is 0.198 e. The molecule has 0 amide bonds. The van der Waals surface area contributed by atoms with E-state index in [2.05, 4.69) is 23.2 Å². The minimum absolute atomic E-state index is 0.0356. The molecule has 0 unspecified atom stereocenters. The monoisotopic (exact) mass is 389 g/mol. The van der Waals surface area contributed by atoms with Crippen LogP contribution in [0.1, 0.15) is 69.8 Å². The summed E-state index contributed by atoms with van der Waals surface area (Å²) in [5, 5.41) is 5.19. The summed E-state index contributed by atoms with van der Waals surface area (Å²) in [6, 6.07) is 6.55. The number of aryl methyl sites for hydroxylation is 1. The first-order valence-corrected chi connectivity index (χ1v) is 10.8. The number of nitrogens with zero attached hydrogens (tertiary/aromatic N) is 2. The van der Waals surface area contributed by atoms with E-state index in [0.29, 0.717) is 6.04 Å². The van der Waals surface area contributed by atoms with Crippen LogP contribution in [0.3, 0.4) is 0 Å². The Morgan fingerprint density at radius 2 is 1.81 bits per heavy atom. The Balaban J connectivity index is 1.67. The molecule has 1 spiro atoms. The van der Waals surface area contributed by atoms with Gasteiger partial charge in [0.25, 0.3) is 0 Å². The standard InChI is InChI=1S/C21H28ClN3S/c1-15-10-11-16(22)14-18(15)23-19-21(12-6-3-7-13-21)25(20(26)24-19)17-8-4-2-5-9-17/h10-11,14,17H,2-9,12-13H2,1H3,(H,23,24,26). The van der Waals surface area contributed by atoms with E-state index in [9.17, 15) is 0 Å². The molecule has 1 aromatic carbocycles. The molecule has 0 radical (unpaired) electrons. The summed E-state index contributed by atoms with van der Waals surface area (Å²) < 4.78 is 0. The number of hydrogen-bond donors (Lipinski definition) is 1. The average molecular weight is 390 g/mol. The van der Waals surface area contributed by atoms with Crippen LogP contribution < -0.4 is 5.32 Å². The maximum Gasteiger partial charge on any atom is 0.198 e. The third-order valence-electron chi connectivity index (χ3n) is 6.39. The molecule has 0 aromatic heterocycles. The van der Waals surface area contributed by atoms with Gasteiger partial charge >= 0.3 is 0 Å². The highest BCUT2D eigenvalue weighted by Gasteiger charge is 2.50. The van der Waals surface area contributed by atoms with Gasteiger partial charge < -0.3 is 10.2 Å². The summed E-state index contributed by atoms with van der Waals surface area (Å²) in [5.74, 6) is 1.05. The van der Waals surface area contributed by atoms with Crippen LogP contribution in [0.4, 0.5) is 5.69 Å². The zero-order valence-corrected chi connectivity index (χ0v) is 17.1. The van der Waals surface area contributed by atoms with Gasteiger partial charge in [0.15, 0.2) is 5.11 Å². The van der Waals surface area contributed by atoms with E-state index in [4.69, 9.17) is 28.8 Å². The van der Waals surface area contributed by atoms with Crippen LogP contribution in [0, 0.1) is 6.92 Å². The number of anilines is 1. The van der Waals surface area contributed by atoms with Gasteiger partial charge in [0.1, 0.15) is 11.4 Å². The molecular formula is C21H28ClN3S. The first-order valence-electron chi connectivity index (χ1n) is 10.1. The van der Waals surface area contributed by atoms with E-state index in [1.807, 2.05) is 12.1 Å². The molecule has 1 heterocycles. The first-order chi connectivity index (χ1) is 12.6. The number of hydrogen-bond acceptors (Lipinski definition) is 2. The van der Waals surface area contributed by atoms with Crippen LogP contribution in [0.25, 0.3) is 0 Å². The number of benzene rings is 1. The van der Waals surface area contributed by atoms with Crippen molar-refractivity contribution in [2.24, 2.45) is 4.99 Å². The van der Waals surface area contributed by atoms with Gasteiger partial charge in [-0.25, -0.2) is 4.99 Å². The van der Waals surface area contributed by atoms with Crippen LogP contribution in [-0.4, -0.2) is 27.4 Å². The van der Waals surface area contributed by atoms with E-state index in [1.54, 1.807) is 0 Å². The Labute approximate surface area is 167 Å². The molecule has 2 saturated carbocycles. The van der Waals surface area contributed by atoms with Crippen LogP contribution in [0.15, 0.2) is 23.2 Å². The third kappa shape index (κ3) is 3.27. The third-order valence-corrected chi connectivity index (χ3v) is 6.91. The number of rotatable bonds is 2. The Hall–Kier alpha value is -1.13. The topological polar surface area (TPSA) is 27.6 Å². The fraction of sp³-hybridized carbons (Fsp3) is 0.619. The van der Waals surface area contributed by atoms with Crippen molar-refractivity contribution in [3.05, 3.63) is 28.8 Å². The fourth-order valence-electron chi connectivity index (χ4n) is 5.01. The lowest BCUT2D eigenvalue weighted by Gasteiger charge is -2.47. The molecule has 1 N–H and O–H groups in total. The number of amidine groups is 1. The minimum Gasteiger partial charge on any atom is -0.341 e.